The molecule has 0 bridgehead atoms. The van der Waals surface area contributed by atoms with Gasteiger partial charge in [0.2, 0.25) is 11.8 Å². The average molecular weight is 311 g/mol. The van der Waals surface area contributed by atoms with E-state index in [1.54, 1.807) is 21.0 Å². The van der Waals surface area contributed by atoms with Crippen molar-refractivity contribution in [3.8, 4) is 0 Å². The first-order valence-electron chi connectivity index (χ1n) is 7.82. The number of aliphatic imine (C=N–C) groups is 1. The molecule has 0 atom stereocenters. The van der Waals surface area contributed by atoms with Crippen LogP contribution in [0.25, 0.3) is 0 Å². The molecule has 1 saturated heterocycles. The minimum absolute atomic E-state index is 0.0312. The first-order chi connectivity index (χ1) is 10.3. The van der Waals surface area contributed by atoms with E-state index in [4.69, 9.17) is 0 Å². The van der Waals surface area contributed by atoms with Crippen LogP contribution in [-0.4, -0.2) is 73.4 Å². The highest BCUT2D eigenvalue weighted by Gasteiger charge is 2.21. The molecular formula is C15H29N5O2. The number of piperidine rings is 1. The van der Waals surface area contributed by atoms with Crippen LogP contribution >= 0.6 is 0 Å². The van der Waals surface area contributed by atoms with E-state index in [-0.39, 0.29) is 30.4 Å². The van der Waals surface area contributed by atoms with Gasteiger partial charge in [-0.3, -0.25) is 9.59 Å². The van der Waals surface area contributed by atoms with Gasteiger partial charge >= 0.3 is 0 Å². The number of guanidine groups is 1. The highest BCUT2D eigenvalue weighted by atomic mass is 16.2. The van der Waals surface area contributed by atoms with E-state index < -0.39 is 0 Å². The Morgan fingerprint density at radius 2 is 1.86 bits per heavy atom. The van der Waals surface area contributed by atoms with E-state index in [2.05, 4.69) is 15.6 Å². The lowest BCUT2D eigenvalue weighted by atomic mass is 10.1. The summed E-state index contributed by atoms with van der Waals surface area (Å²) in [7, 11) is 3.44. The Kier molecular flexibility index (Phi) is 7.14. The molecule has 1 rings (SSSR count). The minimum Gasteiger partial charge on any atom is -0.354 e. The van der Waals surface area contributed by atoms with Gasteiger partial charge in [0.25, 0.3) is 0 Å². The van der Waals surface area contributed by atoms with Crippen molar-refractivity contribution in [3.05, 3.63) is 0 Å². The van der Waals surface area contributed by atoms with Gasteiger partial charge in [-0.25, -0.2) is 4.99 Å². The Hall–Kier alpha value is -1.79. The molecule has 2 N–H and O–H groups in total. The lowest BCUT2D eigenvalue weighted by Gasteiger charge is -2.32. The second kappa shape index (κ2) is 8.60. The number of hydrogen-bond acceptors (Lipinski definition) is 3. The number of nitrogens with one attached hydrogen (secondary N) is 2. The van der Waals surface area contributed by atoms with Crippen molar-refractivity contribution in [3.63, 3.8) is 0 Å². The molecule has 1 aliphatic rings. The van der Waals surface area contributed by atoms with Crippen molar-refractivity contribution >= 4 is 17.8 Å². The summed E-state index contributed by atoms with van der Waals surface area (Å²) >= 11 is 0. The van der Waals surface area contributed by atoms with Gasteiger partial charge in [-0.1, -0.05) is 0 Å². The van der Waals surface area contributed by atoms with Gasteiger partial charge in [-0.05, 0) is 26.7 Å². The van der Waals surface area contributed by atoms with E-state index >= 15 is 0 Å². The number of carbonyl (C=O) groups is 2. The molecule has 1 aliphatic heterocycles. The molecule has 0 unspecified atom stereocenters. The largest absolute Gasteiger partial charge is 0.354 e. The molecule has 0 aliphatic carbocycles. The number of carbonyl (C=O) groups excluding carboxylic acids is 2. The van der Waals surface area contributed by atoms with Gasteiger partial charge in [0.1, 0.15) is 6.54 Å². The zero-order valence-electron chi connectivity index (χ0n) is 14.3. The summed E-state index contributed by atoms with van der Waals surface area (Å²) < 4.78 is 0. The SMILES string of the molecule is CC(=O)N1CCC(NC(=NCC(=O)N(C)C)NC(C)C)CC1. The lowest BCUT2D eigenvalue weighted by Crippen LogP contribution is -2.51. The topological polar surface area (TPSA) is 77.0 Å². The zero-order chi connectivity index (χ0) is 16.7. The van der Waals surface area contributed by atoms with Crippen molar-refractivity contribution < 1.29 is 9.59 Å². The quantitative estimate of drug-likeness (QED) is 0.567. The molecule has 1 heterocycles. The van der Waals surface area contributed by atoms with Gasteiger partial charge < -0.3 is 20.4 Å². The highest BCUT2D eigenvalue weighted by Crippen LogP contribution is 2.10. The Morgan fingerprint density at radius 3 is 2.32 bits per heavy atom. The van der Waals surface area contributed by atoms with Crippen LogP contribution in [0.5, 0.6) is 0 Å². The highest BCUT2D eigenvalue weighted by molar-refractivity contribution is 5.85. The molecule has 0 saturated carbocycles. The summed E-state index contributed by atoms with van der Waals surface area (Å²) in [6.45, 7) is 7.32. The van der Waals surface area contributed by atoms with Gasteiger partial charge in [0.15, 0.2) is 5.96 Å². The first kappa shape index (κ1) is 18.3. The van der Waals surface area contributed by atoms with E-state index in [0.29, 0.717) is 5.96 Å². The van der Waals surface area contributed by atoms with Crippen LogP contribution in [-0.2, 0) is 9.59 Å². The maximum Gasteiger partial charge on any atom is 0.243 e. The predicted octanol–water partition coefficient (Wildman–Crippen LogP) is 0.0291. The molecule has 0 radical (unpaired) electrons. The number of rotatable bonds is 4. The second-order valence-electron chi connectivity index (χ2n) is 6.18. The third-order valence-electron chi connectivity index (χ3n) is 3.58. The standard InChI is InChI=1S/C15H29N5O2/c1-11(2)17-15(16-10-14(22)19(4)5)18-13-6-8-20(9-7-13)12(3)21/h11,13H,6-10H2,1-5H3,(H2,16,17,18). The summed E-state index contributed by atoms with van der Waals surface area (Å²) in [5.74, 6) is 0.756. The number of likely N-dealkylation sites (N-methyl/N-ethyl adjacent to an activating group) is 1. The Bertz CT molecular complexity index is 412. The average Bonchev–Trinajstić information content (AvgIpc) is 2.44. The van der Waals surface area contributed by atoms with Crippen LogP contribution in [0.15, 0.2) is 4.99 Å². The monoisotopic (exact) mass is 311 g/mol. The van der Waals surface area contributed by atoms with Crippen molar-refractivity contribution in [1.82, 2.24) is 20.4 Å². The van der Waals surface area contributed by atoms with Crippen molar-refractivity contribution in [2.24, 2.45) is 4.99 Å². The van der Waals surface area contributed by atoms with E-state index in [9.17, 15) is 9.59 Å². The van der Waals surface area contributed by atoms with Gasteiger partial charge in [-0.15, -0.1) is 0 Å². The van der Waals surface area contributed by atoms with Crippen LogP contribution in [0, 0.1) is 0 Å². The third kappa shape index (κ3) is 6.32. The molecule has 126 valence electrons. The number of hydrogen-bond donors (Lipinski definition) is 2. The maximum atomic E-state index is 11.7. The lowest BCUT2D eigenvalue weighted by molar-refractivity contribution is -0.130. The number of nitrogens with zero attached hydrogens (tertiary/aromatic N) is 3. The molecule has 2 amide bonds. The van der Waals surface area contributed by atoms with Crippen molar-refractivity contribution in [2.45, 2.75) is 45.7 Å². The van der Waals surface area contributed by atoms with Crippen LogP contribution in [0.1, 0.15) is 33.6 Å². The fourth-order valence-corrected chi connectivity index (χ4v) is 2.23. The van der Waals surface area contributed by atoms with Gasteiger partial charge in [-0.2, -0.15) is 0 Å². The molecule has 0 aromatic carbocycles. The summed E-state index contributed by atoms with van der Waals surface area (Å²) in [5.41, 5.74) is 0. The van der Waals surface area contributed by atoms with E-state index in [1.807, 2.05) is 18.7 Å². The Morgan fingerprint density at radius 1 is 1.27 bits per heavy atom. The molecule has 7 heteroatoms. The van der Waals surface area contributed by atoms with Crippen molar-refractivity contribution in [2.75, 3.05) is 33.7 Å². The molecule has 0 aromatic rings. The molecule has 22 heavy (non-hydrogen) atoms. The van der Waals surface area contributed by atoms with Gasteiger partial charge in [0, 0.05) is 46.2 Å². The summed E-state index contributed by atoms with van der Waals surface area (Å²) in [4.78, 5) is 30.8. The summed E-state index contributed by atoms with van der Waals surface area (Å²) in [6, 6.07) is 0.507. The smallest absolute Gasteiger partial charge is 0.243 e. The minimum atomic E-state index is -0.0312. The molecular weight excluding hydrogens is 282 g/mol. The molecule has 7 nitrogen and oxygen atoms in total. The second-order valence-corrected chi connectivity index (χ2v) is 6.18. The number of amides is 2. The molecule has 0 aromatic heterocycles. The van der Waals surface area contributed by atoms with Crippen molar-refractivity contribution in [1.29, 1.82) is 0 Å². The Labute approximate surface area is 133 Å². The normalized spacial score (nSPS) is 16.6. The fourth-order valence-electron chi connectivity index (χ4n) is 2.23. The first-order valence-corrected chi connectivity index (χ1v) is 7.82. The van der Waals surface area contributed by atoms with E-state index in [1.165, 1.54) is 4.90 Å². The molecule has 1 fully saturated rings. The molecule has 0 spiro atoms. The third-order valence-corrected chi connectivity index (χ3v) is 3.58. The number of likely N-dealkylation sites (tertiary alicyclic amines) is 1. The predicted molar refractivity (Wildman–Crippen MR) is 87.7 cm³/mol. The van der Waals surface area contributed by atoms with Crippen LogP contribution in [0.4, 0.5) is 0 Å². The van der Waals surface area contributed by atoms with E-state index in [0.717, 1.165) is 25.9 Å². The van der Waals surface area contributed by atoms with Gasteiger partial charge in [0.05, 0.1) is 0 Å². The van der Waals surface area contributed by atoms with Crippen LogP contribution in [0.2, 0.25) is 0 Å². The Balaban J connectivity index is 2.56. The van der Waals surface area contributed by atoms with Crippen LogP contribution < -0.4 is 10.6 Å². The zero-order valence-corrected chi connectivity index (χ0v) is 14.3. The maximum absolute atomic E-state index is 11.7. The fraction of sp³-hybridized carbons (Fsp3) is 0.800. The summed E-state index contributed by atoms with van der Waals surface area (Å²) in [6.07, 6.45) is 1.78. The van der Waals surface area contributed by atoms with Crippen LogP contribution in [0.3, 0.4) is 0 Å². The summed E-state index contributed by atoms with van der Waals surface area (Å²) in [5, 5.41) is 6.61.